The minimum atomic E-state index is -0.659. The number of aliphatic carboxylic acids is 2. The normalized spacial score (nSPS) is 9.94. The predicted octanol–water partition coefficient (Wildman–Crippen LogP) is 7.95. The van der Waals surface area contributed by atoms with Gasteiger partial charge in [-0.2, -0.15) is 0 Å². The molecule has 0 aromatic rings. The number of hydrogen-bond donors (Lipinski definition) is 3. The molecule has 0 aliphatic carbocycles. The highest BCUT2D eigenvalue weighted by molar-refractivity contribution is 5.66. The minimum absolute atomic E-state index is 0.343. The summed E-state index contributed by atoms with van der Waals surface area (Å²) in [6, 6.07) is 0. The quantitative estimate of drug-likeness (QED) is 0.165. The molecule has 0 saturated heterocycles. The molecule has 5 nitrogen and oxygen atoms in total. The molecule has 0 saturated carbocycles. The minimum Gasteiger partial charge on any atom is -0.481 e. The van der Waals surface area contributed by atoms with Gasteiger partial charge in [-0.05, 0) is 19.4 Å². The third-order valence-electron chi connectivity index (χ3n) is 4.99. The first-order chi connectivity index (χ1) is 15.0. The topological polar surface area (TPSA) is 101 Å². The zero-order valence-corrected chi connectivity index (χ0v) is 21.1. The Hall–Kier alpha value is -1.10. The summed E-state index contributed by atoms with van der Waals surface area (Å²) >= 11 is 0. The highest BCUT2D eigenvalue weighted by Gasteiger charge is 1.97. The second-order valence-electron chi connectivity index (χ2n) is 8.35. The van der Waals surface area contributed by atoms with Gasteiger partial charge in [0.05, 0.1) is 0 Å². The lowest BCUT2D eigenvalue weighted by Crippen LogP contribution is -1.93. The van der Waals surface area contributed by atoms with E-state index in [0.717, 1.165) is 32.2 Å². The Morgan fingerprint density at radius 2 is 0.677 bits per heavy atom. The molecule has 0 aliphatic rings. The molecule has 4 N–H and O–H groups in total. The molecule has 0 rings (SSSR count). The molecule has 188 valence electrons. The average molecular weight is 446 g/mol. The Morgan fingerprint density at radius 1 is 0.484 bits per heavy atom. The maximum absolute atomic E-state index is 10.2. The maximum Gasteiger partial charge on any atom is 0.303 e. The van der Waals surface area contributed by atoms with Crippen molar-refractivity contribution in [1.82, 2.24) is 0 Å². The van der Waals surface area contributed by atoms with Crippen molar-refractivity contribution < 1.29 is 19.8 Å². The number of carboxylic acids is 2. The van der Waals surface area contributed by atoms with Crippen molar-refractivity contribution in [3.05, 3.63) is 0 Å². The Bertz CT molecular complexity index is 316. The molecule has 0 aliphatic heterocycles. The first kappa shape index (κ1) is 34.5. The van der Waals surface area contributed by atoms with Gasteiger partial charge in [-0.1, -0.05) is 124 Å². The predicted molar refractivity (Wildman–Crippen MR) is 134 cm³/mol. The first-order valence-corrected chi connectivity index (χ1v) is 13.1. The zero-order chi connectivity index (χ0) is 24.0. The van der Waals surface area contributed by atoms with E-state index >= 15 is 0 Å². The fourth-order valence-corrected chi connectivity index (χ4v) is 3.17. The molecule has 0 amide bonds. The zero-order valence-electron chi connectivity index (χ0n) is 21.1. The van der Waals surface area contributed by atoms with E-state index in [1.165, 1.54) is 89.9 Å². The van der Waals surface area contributed by atoms with E-state index in [9.17, 15) is 9.59 Å². The SMILES string of the molecule is CCCCCCCCCCCC(=O)O.CCCCCCCCCCCC(=O)O.CCN. The van der Waals surface area contributed by atoms with Crippen LogP contribution >= 0.6 is 0 Å². The van der Waals surface area contributed by atoms with Gasteiger partial charge in [0.25, 0.3) is 0 Å². The molecule has 0 aromatic heterocycles. The molecule has 0 spiro atoms. The summed E-state index contributed by atoms with van der Waals surface area (Å²) in [6.07, 6.45) is 23.0. The molecule has 0 aromatic carbocycles. The standard InChI is InChI=1S/2C12H24O2.C2H7N/c2*1-2-3-4-5-6-7-8-9-10-11-12(13)14;1-2-3/h2*2-11H2,1H3,(H,13,14);2-3H2,1H3. The Morgan fingerprint density at radius 3 is 0.871 bits per heavy atom. The van der Waals surface area contributed by atoms with E-state index in [1.807, 2.05) is 6.92 Å². The lowest BCUT2D eigenvalue weighted by Gasteiger charge is -2.00. The molecule has 0 radical (unpaired) electrons. The van der Waals surface area contributed by atoms with Gasteiger partial charge in [-0.3, -0.25) is 9.59 Å². The van der Waals surface area contributed by atoms with Crippen LogP contribution in [0.15, 0.2) is 0 Å². The molecule has 5 heteroatoms. The fourth-order valence-electron chi connectivity index (χ4n) is 3.17. The number of rotatable bonds is 20. The summed E-state index contributed by atoms with van der Waals surface area (Å²) in [6.45, 7) is 7.11. The molecule has 0 bridgehead atoms. The number of unbranched alkanes of at least 4 members (excludes halogenated alkanes) is 16. The van der Waals surface area contributed by atoms with E-state index in [2.05, 4.69) is 13.8 Å². The summed E-state index contributed by atoms with van der Waals surface area (Å²) in [5.41, 5.74) is 4.85. The summed E-state index contributed by atoms with van der Waals surface area (Å²) in [7, 11) is 0. The maximum atomic E-state index is 10.2. The van der Waals surface area contributed by atoms with Crippen LogP contribution in [0.25, 0.3) is 0 Å². The van der Waals surface area contributed by atoms with Crippen molar-refractivity contribution in [3.8, 4) is 0 Å². The van der Waals surface area contributed by atoms with Gasteiger partial charge < -0.3 is 15.9 Å². The third kappa shape index (κ3) is 47.9. The average Bonchev–Trinajstić information content (AvgIpc) is 2.72. The fraction of sp³-hybridized carbons (Fsp3) is 0.923. The Balaban J connectivity index is -0.000000448. The summed E-state index contributed by atoms with van der Waals surface area (Å²) < 4.78 is 0. The Labute approximate surface area is 193 Å². The van der Waals surface area contributed by atoms with Crippen molar-refractivity contribution in [3.63, 3.8) is 0 Å². The molecular formula is C26H55NO4. The van der Waals surface area contributed by atoms with E-state index in [4.69, 9.17) is 15.9 Å². The van der Waals surface area contributed by atoms with Gasteiger partial charge in [0.15, 0.2) is 0 Å². The highest BCUT2D eigenvalue weighted by Crippen LogP contribution is 2.11. The van der Waals surface area contributed by atoms with Crippen LogP contribution in [0.2, 0.25) is 0 Å². The third-order valence-corrected chi connectivity index (χ3v) is 4.99. The van der Waals surface area contributed by atoms with E-state index in [1.54, 1.807) is 0 Å². The van der Waals surface area contributed by atoms with Crippen LogP contribution in [-0.4, -0.2) is 28.7 Å². The lowest BCUT2D eigenvalue weighted by atomic mass is 10.1. The molecule has 31 heavy (non-hydrogen) atoms. The van der Waals surface area contributed by atoms with Crippen LogP contribution in [0.5, 0.6) is 0 Å². The van der Waals surface area contributed by atoms with Crippen molar-refractivity contribution in [2.45, 2.75) is 149 Å². The molecule has 0 fully saturated rings. The van der Waals surface area contributed by atoms with Crippen LogP contribution in [-0.2, 0) is 9.59 Å². The molecular weight excluding hydrogens is 390 g/mol. The molecule has 0 heterocycles. The largest absolute Gasteiger partial charge is 0.481 e. The Kier molecular flexibility index (Phi) is 37.3. The van der Waals surface area contributed by atoms with Crippen LogP contribution < -0.4 is 5.73 Å². The second kappa shape index (κ2) is 33.5. The number of nitrogens with two attached hydrogens (primary N) is 1. The number of carboxylic acid groups (broad SMARTS) is 2. The summed E-state index contributed by atoms with van der Waals surface area (Å²) in [5.74, 6) is -1.32. The number of hydrogen-bond acceptors (Lipinski definition) is 3. The monoisotopic (exact) mass is 445 g/mol. The van der Waals surface area contributed by atoms with Crippen molar-refractivity contribution >= 4 is 11.9 Å². The van der Waals surface area contributed by atoms with Crippen molar-refractivity contribution in [2.24, 2.45) is 5.73 Å². The van der Waals surface area contributed by atoms with Crippen LogP contribution in [0, 0.1) is 0 Å². The molecule has 0 atom stereocenters. The van der Waals surface area contributed by atoms with Gasteiger partial charge in [0.2, 0.25) is 0 Å². The summed E-state index contributed by atoms with van der Waals surface area (Å²) in [5, 5.41) is 16.8. The number of carbonyl (C=O) groups is 2. The van der Waals surface area contributed by atoms with Gasteiger partial charge in [-0.15, -0.1) is 0 Å². The summed E-state index contributed by atoms with van der Waals surface area (Å²) in [4.78, 5) is 20.4. The van der Waals surface area contributed by atoms with Crippen LogP contribution in [0.4, 0.5) is 0 Å². The first-order valence-electron chi connectivity index (χ1n) is 13.1. The lowest BCUT2D eigenvalue weighted by molar-refractivity contribution is -0.138. The van der Waals surface area contributed by atoms with Gasteiger partial charge >= 0.3 is 11.9 Å². The van der Waals surface area contributed by atoms with E-state index in [0.29, 0.717) is 12.8 Å². The molecule has 0 unspecified atom stereocenters. The van der Waals surface area contributed by atoms with Crippen LogP contribution in [0.3, 0.4) is 0 Å². The van der Waals surface area contributed by atoms with Crippen molar-refractivity contribution in [1.29, 1.82) is 0 Å². The van der Waals surface area contributed by atoms with Gasteiger partial charge in [0.1, 0.15) is 0 Å². The second-order valence-corrected chi connectivity index (χ2v) is 8.35. The smallest absolute Gasteiger partial charge is 0.303 e. The van der Waals surface area contributed by atoms with Gasteiger partial charge in [0, 0.05) is 12.8 Å². The van der Waals surface area contributed by atoms with Crippen molar-refractivity contribution in [2.75, 3.05) is 6.54 Å². The van der Waals surface area contributed by atoms with E-state index < -0.39 is 11.9 Å². The van der Waals surface area contributed by atoms with E-state index in [-0.39, 0.29) is 0 Å². The van der Waals surface area contributed by atoms with Crippen LogP contribution in [0.1, 0.15) is 149 Å². The highest BCUT2D eigenvalue weighted by atomic mass is 16.4. The van der Waals surface area contributed by atoms with Gasteiger partial charge in [-0.25, -0.2) is 0 Å².